The minimum atomic E-state index is 0.0526. The van der Waals surface area contributed by atoms with Gasteiger partial charge in [0.05, 0.1) is 0 Å². The molecule has 3 heteroatoms. The molecule has 0 radical (unpaired) electrons. The number of nitrogens with zero attached hydrogens (tertiary/aromatic N) is 1. The van der Waals surface area contributed by atoms with E-state index < -0.39 is 0 Å². The average Bonchev–Trinajstić information content (AvgIpc) is 2.70. The lowest BCUT2D eigenvalue weighted by atomic mass is 10.0. The first-order chi connectivity index (χ1) is 6.79. The minimum absolute atomic E-state index is 0.0526. The predicted octanol–water partition coefficient (Wildman–Crippen LogP) is 2.68. The fourth-order valence-electron chi connectivity index (χ4n) is 1.25. The second-order valence-corrected chi connectivity index (χ2v) is 3.81. The van der Waals surface area contributed by atoms with Crippen LogP contribution in [-0.2, 0) is 0 Å². The van der Waals surface area contributed by atoms with Gasteiger partial charge in [-0.2, -0.15) is 11.3 Å². The predicted molar refractivity (Wildman–Crippen MR) is 56.7 cm³/mol. The Bertz CT molecular complexity index is 448. The van der Waals surface area contributed by atoms with E-state index in [1.807, 2.05) is 29.8 Å². The largest absolute Gasteiger partial charge is 0.289 e. The summed E-state index contributed by atoms with van der Waals surface area (Å²) in [5, 5.41) is 3.76. The van der Waals surface area contributed by atoms with Gasteiger partial charge in [-0.1, -0.05) is 0 Å². The van der Waals surface area contributed by atoms with Crippen LogP contribution in [0.3, 0.4) is 0 Å². The Morgan fingerprint density at radius 1 is 1.43 bits per heavy atom. The first kappa shape index (κ1) is 9.09. The lowest BCUT2D eigenvalue weighted by molar-refractivity contribution is 0.103. The monoisotopic (exact) mass is 203 g/mol. The number of ketones is 1. The van der Waals surface area contributed by atoms with E-state index in [1.54, 1.807) is 12.4 Å². The third-order valence-corrected chi connectivity index (χ3v) is 2.75. The summed E-state index contributed by atoms with van der Waals surface area (Å²) in [6.45, 7) is 1.92. The number of rotatable bonds is 2. The van der Waals surface area contributed by atoms with E-state index in [0.717, 1.165) is 11.1 Å². The van der Waals surface area contributed by atoms with E-state index in [2.05, 4.69) is 4.98 Å². The smallest absolute Gasteiger partial charge is 0.195 e. The van der Waals surface area contributed by atoms with Gasteiger partial charge in [-0.15, -0.1) is 0 Å². The van der Waals surface area contributed by atoms with Gasteiger partial charge in [0.2, 0.25) is 0 Å². The number of carbonyl (C=O) groups is 1. The van der Waals surface area contributed by atoms with Gasteiger partial charge >= 0.3 is 0 Å². The lowest BCUT2D eigenvalue weighted by Crippen LogP contribution is -2.02. The Balaban J connectivity index is 2.42. The SMILES string of the molecule is Cc1ccncc1C(=O)c1ccsc1. The number of carbonyl (C=O) groups excluding carboxylic acids is 1. The molecule has 0 aliphatic rings. The number of thiophene rings is 1. The molecule has 2 nitrogen and oxygen atoms in total. The number of aryl methyl sites for hydroxylation is 1. The van der Waals surface area contributed by atoms with Crippen LogP contribution in [0.1, 0.15) is 21.5 Å². The summed E-state index contributed by atoms with van der Waals surface area (Å²) in [5.74, 6) is 0.0526. The Labute approximate surface area is 86.2 Å². The zero-order valence-corrected chi connectivity index (χ0v) is 8.54. The summed E-state index contributed by atoms with van der Waals surface area (Å²) in [4.78, 5) is 15.9. The molecule has 0 N–H and O–H groups in total. The second-order valence-electron chi connectivity index (χ2n) is 3.03. The van der Waals surface area contributed by atoms with Crippen molar-refractivity contribution in [3.05, 3.63) is 52.0 Å². The Hall–Kier alpha value is -1.48. The summed E-state index contributed by atoms with van der Waals surface area (Å²) in [6, 6.07) is 3.68. The summed E-state index contributed by atoms with van der Waals surface area (Å²) in [7, 11) is 0. The molecule has 0 fully saturated rings. The molecule has 2 heterocycles. The van der Waals surface area contributed by atoms with Crippen molar-refractivity contribution in [2.24, 2.45) is 0 Å². The molecule has 0 saturated heterocycles. The van der Waals surface area contributed by atoms with Crippen LogP contribution in [0.5, 0.6) is 0 Å². The van der Waals surface area contributed by atoms with Crippen molar-refractivity contribution in [3.63, 3.8) is 0 Å². The van der Waals surface area contributed by atoms with Crippen molar-refractivity contribution in [3.8, 4) is 0 Å². The van der Waals surface area contributed by atoms with Gasteiger partial charge in [0, 0.05) is 28.9 Å². The van der Waals surface area contributed by atoms with Crippen molar-refractivity contribution in [2.45, 2.75) is 6.92 Å². The molecule has 0 unspecified atom stereocenters. The second kappa shape index (κ2) is 3.72. The molecule has 2 aromatic rings. The number of hydrogen-bond donors (Lipinski definition) is 0. The summed E-state index contributed by atoms with van der Waals surface area (Å²) < 4.78 is 0. The molecule has 0 amide bonds. The van der Waals surface area contributed by atoms with Crippen LogP contribution in [0.2, 0.25) is 0 Å². The van der Waals surface area contributed by atoms with Gasteiger partial charge in [-0.3, -0.25) is 9.78 Å². The maximum absolute atomic E-state index is 11.9. The topological polar surface area (TPSA) is 30.0 Å². The first-order valence-electron chi connectivity index (χ1n) is 4.26. The zero-order chi connectivity index (χ0) is 9.97. The summed E-state index contributed by atoms with van der Waals surface area (Å²) in [5.41, 5.74) is 2.40. The van der Waals surface area contributed by atoms with Crippen molar-refractivity contribution in [1.29, 1.82) is 0 Å². The van der Waals surface area contributed by atoms with Gasteiger partial charge in [0.25, 0.3) is 0 Å². The molecule has 0 atom stereocenters. The molecule has 70 valence electrons. The van der Waals surface area contributed by atoms with Crippen LogP contribution < -0.4 is 0 Å². The Kier molecular flexibility index (Phi) is 2.41. The summed E-state index contributed by atoms with van der Waals surface area (Å²) >= 11 is 1.53. The highest BCUT2D eigenvalue weighted by Gasteiger charge is 2.11. The highest BCUT2D eigenvalue weighted by Crippen LogP contribution is 2.14. The molecular weight excluding hydrogens is 194 g/mol. The van der Waals surface area contributed by atoms with Crippen LogP contribution in [-0.4, -0.2) is 10.8 Å². The van der Waals surface area contributed by atoms with Crippen LogP contribution >= 0.6 is 11.3 Å². The van der Waals surface area contributed by atoms with E-state index in [-0.39, 0.29) is 5.78 Å². The standard InChI is InChI=1S/C11H9NOS/c1-8-2-4-12-6-10(8)11(13)9-3-5-14-7-9/h2-7H,1H3. The number of hydrogen-bond acceptors (Lipinski definition) is 3. The maximum Gasteiger partial charge on any atom is 0.195 e. The van der Waals surface area contributed by atoms with E-state index in [4.69, 9.17) is 0 Å². The number of pyridine rings is 1. The van der Waals surface area contributed by atoms with Crippen LogP contribution in [0.15, 0.2) is 35.3 Å². The van der Waals surface area contributed by atoms with Crippen LogP contribution in [0.4, 0.5) is 0 Å². The van der Waals surface area contributed by atoms with Crippen LogP contribution in [0.25, 0.3) is 0 Å². The van der Waals surface area contributed by atoms with Crippen molar-refractivity contribution >= 4 is 17.1 Å². The molecule has 0 aliphatic carbocycles. The van der Waals surface area contributed by atoms with Crippen molar-refractivity contribution < 1.29 is 4.79 Å². The highest BCUT2D eigenvalue weighted by molar-refractivity contribution is 7.08. The van der Waals surface area contributed by atoms with Crippen molar-refractivity contribution in [1.82, 2.24) is 4.98 Å². The van der Waals surface area contributed by atoms with Crippen LogP contribution in [0, 0.1) is 6.92 Å². The fraction of sp³-hybridized carbons (Fsp3) is 0.0909. The molecular formula is C11H9NOS. The maximum atomic E-state index is 11.9. The van der Waals surface area contributed by atoms with Gasteiger partial charge in [-0.05, 0) is 30.0 Å². The molecule has 0 bridgehead atoms. The van der Waals surface area contributed by atoms with Gasteiger partial charge in [0.1, 0.15) is 0 Å². The molecule has 2 rings (SSSR count). The minimum Gasteiger partial charge on any atom is -0.289 e. The molecule has 14 heavy (non-hydrogen) atoms. The summed E-state index contributed by atoms with van der Waals surface area (Å²) in [6.07, 6.45) is 3.31. The van der Waals surface area contributed by atoms with E-state index in [0.29, 0.717) is 5.56 Å². The van der Waals surface area contributed by atoms with Gasteiger partial charge < -0.3 is 0 Å². The van der Waals surface area contributed by atoms with Gasteiger partial charge in [-0.25, -0.2) is 0 Å². The molecule has 0 aromatic carbocycles. The van der Waals surface area contributed by atoms with E-state index >= 15 is 0 Å². The lowest BCUT2D eigenvalue weighted by Gasteiger charge is -2.01. The molecule has 2 aromatic heterocycles. The Morgan fingerprint density at radius 2 is 2.29 bits per heavy atom. The normalized spacial score (nSPS) is 10.1. The van der Waals surface area contributed by atoms with E-state index in [9.17, 15) is 4.79 Å². The average molecular weight is 203 g/mol. The number of aromatic nitrogens is 1. The van der Waals surface area contributed by atoms with E-state index in [1.165, 1.54) is 11.3 Å². The third kappa shape index (κ3) is 1.59. The zero-order valence-electron chi connectivity index (χ0n) is 7.73. The fourth-order valence-corrected chi connectivity index (χ4v) is 1.89. The van der Waals surface area contributed by atoms with Gasteiger partial charge in [0.15, 0.2) is 5.78 Å². The van der Waals surface area contributed by atoms with Crippen molar-refractivity contribution in [2.75, 3.05) is 0 Å². The highest BCUT2D eigenvalue weighted by atomic mass is 32.1. The molecule has 0 spiro atoms. The molecule has 0 aliphatic heterocycles. The molecule has 0 saturated carbocycles. The first-order valence-corrected chi connectivity index (χ1v) is 5.21. The Morgan fingerprint density at radius 3 is 2.93 bits per heavy atom. The quantitative estimate of drug-likeness (QED) is 0.702. The third-order valence-electron chi connectivity index (χ3n) is 2.07.